The van der Waals surface area contributed by atoms with Gasteiger partial charge in [-0.15, -0.1) is 0 Å². The van der Waals surface area contributed by atoms with E-state index in [4.69, 9.17) is 9.15 Å². The van der Waals surface area contributed by atoms with Crippen LogP contribution in [0, 0.1) is 0 Å². The first-order valence-corrected chi connectivity index (χ1v) is 9.67. The van der Waals surface area contributed by atoms with Crippen molar-refractivity contribution < 1.29 is 13.9 Å². The van der Waals surface area contributed by atoms with E-state index in [1.165, 1.54) is 18.4 Å². The monoisotopic (exact) mass is 394 g/mol. The summed E-state index contributed by atoms with van der Waals surface area (Å²) in [5, 5.41) is 0. The average Bonchev–Trinajstić information content (AvgIpc) is 3.35. The zero-order valence-corrected chi connectivity index (χ0v) is 16.2. The van der Waals surface area contributed by atoms with E-state index < -0.39 is 12.0 Å². The van der Waals surface area contributed by atoms with Gasteiger partial charge >= 0.3 is 5.97 Å². The lowest BCUT2D eigenvalue weighted by molar-refractivity contribution is -0.136. The predicted molar refractivity (Wildman–Crippen MR) is 106 cm³/mol. The van der Waals surface area contributed by atoms with Crippen molar-refractivity contribution in [3.63, 3.8) is 0 Å². The van der Waals surface area contributed by atoms with E-state index in [1.54, 1.807) is 29.0 Å². The van der Waals surface area contributed by atoms with Gasteiger partial charge in [0.25, 0.3) is 5.56 Å². The summed E-state index contributed by atoms with van der Waals surface area (Å²) < 4.78 is 12.4. The molecule has 7 heteroatoms. The Morgan fingerprint density at radius 3 is 2.71 bits per heavy atom. The standard InChI is InChI=1S/C21H18N2O4S/c1-3-15-17(20(25)26-2)18(13-8-5-4-6-9-13)23-19(24)16(28-21(23)22-15)12-14-10-7-11-27-14/h4-12,18H,3H2,1-2H3/b16-12-/t18-/m1/s1. The number of esters is 1. The minimum atomic E-state index is -0.585. The topological polar surface area (TPSA) is 73.8 Å². The van der Waals surface area contributed by atoms with Crippen LogP contribution in [0.4, 0.5) is 0 Å². The summed E-state index contributed by atoms with van der Waals surface area (Å²) in [5.41, 5.74) is 1.64. The largest absolute Gasteiger partial charge is 0.466 e. The smallest absolute Gasteiger partial charge is 0.338 e. The summed E-state index contributed by atoms with van der Waals surface area (Å²) >= 11 is 1.28. The molecule has 0 saturated carbocycles. The Labute approximate surface area is 164 Å². The third-order valence-electron chi connectivity index (χ3n) is 4.58. The van der Waals surface area contributed by atoms with Gasteiger partial charge in [0.15, 0.2) is 4.80 Å². The Kier molecular flexibility index (Phi) is 4.83. The predicted octanol–water partition coefficient (Wildman–Crippen LogP) is 2.39. The number of benzene rings is 1. The maximum absolute atomic E-state index is 13.2. The van der Waals surface area contributed by atoms with Crippen LogP contribution in [0.2, 0.25) is 0 Å². The Morgan fingerprint density at radius 1 is 1.29 bits per heavy atom. The molecule has 0 amide bonds. The quantitative estimate of drug-likeness (QED) is 0.637. The summed E-state index contributed by atoms with van der Waals surface area (Å²) in [6.45, 7) is 1.93. The SMILES string of the molecule is CCC1=C(C(=O)OC)[C@@H](c2ccccc2)n2c(s/c(=C\c3ccco3)c2=O)=N1. The molecule has 3 aromatic rings. The summed E-state index contributed by atoms with van der Waals surface area (Å²) in [7, 11) is 1.34. The lowest BCUT2D eigenvalue weighted by Gasteiger charge is -2.25. The molecule has 0 radical (unpaired) electrons. The Balaban J connectivity index is 2.03. The zero-order valence-electron chi connectivity index (χ0n) is 15.4. The molecule has 3 heterocycles. The number of fused-ring (bicyclic) bond motifs is 1. The van der Waals surface area contributed by atoms with E-state index in [2.05, 4.69) is 4.99 Å². The van der Waals surface area contributed by atoms with Crippen molar-refractivity contribution in [2.45, 2.75) is 19.4 Å². The number of allylic oxidation sites excluding steroid dienone is 1. The molecule has 1 aliphatic heterocycles. The van der Waals surface area contributed by atoms with E-state index in [0.717, 1.165) is 5.56 Å². The van der Waals surface area contributed by atoms with Gasteiger partial charge in [0, 0.05) is 6.08 Å². The number of aromatic nitrogens is 1. The molecule has 0 spiro atoms. The number of thiazole rings is 1. The molecule has 6 nitrogen and oxygen atoms in total. The van der Waals surface area contributed by atoms with Crippen LogP contribution in [0.1, 0.15) is 30.7 Å². The molecule has 1 atom stereocenters. The van der Waals surface area contributed by atoms with Crippen LogP contribution < -0.4 is 14.9 Å². The molecule has 1 aliphatic rings. The van der Waals surface area contributed by atoms with Gasteiger partial charge < -0.3 is 9.15 Å². The highest BCUT2D eigenvalue weighted by atomic mass is 32.1. The number of nitrogens with zero attached hydrogens (tertiary/aromatic N) is 2. The van der Waals surface area contributed by atoms with Gasteiger partial charge in [-0.1, -0.05) is 48.6 Å². The highest BCUT2D eigenvalue weighted by Gasteiger charge is 2.33. The van der Waals surface area contributed by atoms with Crippen molar-refractivity contribution >= 4 is 23.4 Å². The first kappa shape index (κ1) is 18.2. The lowest BCUT2D eigenvalue weighted by atomic mass is 9.95. The van der Waals surface area contributed by atoms with Gasteiger partial charge in [-0.25, -0.2) is 9.79 Å². The molecule has 0 fully saturated rings. The average molecular weight is 394 g/mol. The number of rotatable bonds is 4. The van der Waals surface area contributed by atoms with Crippen LogP contribution >= 0.6 is 11.3 Å². The molecule has 0 unspecified atom stereocenters. The summed E-state index contributed by atoms with van der Waals surface area (Å²) in [5.74, 6) is 0.110. The number of hydrogen-bond donors (Lipinski definition) is 0. The van der Waals surface area contributed by atoms with Crippen molar-refractivity contribution in [2.24, 2.45) is 4.99 Å². The number of hydrogen-bond acceptors (Lipinski definition) is 6. The van der Waals surface area contributed by atoms with Crippen LogP contribution in [-0.4, -0.2) is 17.6 Å². The maximum Gasteiger partial charge on any atom is 0.338 e. The van der Waals surface area contributed by atoms with E-state index >= 15 is 0 Å². The molecule has 4 rings (SSSR count). The molecular formula is C21H18N2O4S. The highest BCUT2D eigenvalue weighted by molar-refractivity contribution is 7.07. The molecule has 2 aromatic heterocycles. The van der Waals surface area contributed by atoms with E-state index in [0.29, 0.717) is 32.8 Å². The Bertz CT molecular complexity index is 1220. The third-order valence-corrected chi connectivity index (χ3v) is 5.57. The second-order valence-corrected chi connectivity index (χ2v) is 7.22. The molecule has 0 aliphatic carbocycles. The molecule has 1 aromatic carbocycles. The second-order valence-electron chi connectivity index (χ2n) is 6.21. The first-order chi connectivity index (χ1) is 13.6. The Hall–Kier alpha value is -3.19. The van der Waals surface area contributed by atoms with Crippen LogP contribution in [0.15, 0.2) is 74.2 Å². The van der Waals surface area contributed by atoms with Crippen LogP contribution in [0.5, 0.6) is 0 Å². The zero-order chi connectivity index (χ0) is 19.7. The fourth-order valence-electron chi connectivity index (χ4n) is 3.32. The summed E-state index contributed by atoms with van der Waals surface area (Å²) in [6.07, 6.45) is 3.80. The Morgan fingerprint density at radius 2 is 2.07 bits per heavy atom. The lowest BCUT2D eigenvalue weighted by Crippen LogP contribution is -2.40. The van der Waals surface area contributed by atoms with Gasteiger partial charge in [0.05, 0.1) is 35.2 Å². The van der Waals surface area contributed by atoms with Crippen molar-refractivity contribution in [3.8, 4) is 0 Å². The molecular weight excluding hydrogens is 376 g/mol. The fourth-order valence-corrected chi connectivity index (χ4v) is 4.32. The fraction of sp³-hybridized carbons (Fsp3) is 0.190. The third kappa shape index (κ3) is 3.03. The number of furan rings is 1. The number of methoxy groups -OCH3 is 1. The highest BCUT2D eigenvalue weighted by Crippen LogP contribution is 2.31. The number of carbonyl (C=O) groups is 1. The van der Waals surface area contributed by atoms with Gasteiger partial charge in [-0.3, -0.25) is 9.36 Å². The number of carbonyl (C=O) groups excluding carboxylic acids is 1. The molecule has 142 valence electrons. The van der Waals surface area contributed by atoms with Crippen molar-refractivity contribution in [2.75, 3.05) is 7.11 Å². The van der Waals surface area contributed by atoms with Crippen LogP contribution in [0.3, 0.4) is 0 Å². The minimum Gasteiger partial charge on any atom is -0.466 e. The van der Waals surface area contributed by atoms with Crippen LogP contribution in [0.25, 0.3) is 6.08 Å². The van der Waals surface area contributed by atoms with E-state index in [-0.39, 0.29) is 5.56 Å². The van der Waals surface area contributed by atoms with Crippen molar-refractivity contribution in [1.29, 1.82) is 0 Å². The summed E-state index contributed by atoms with van der Waals surface area (Å²) in [6, 6.07) is 12.4. The van der Waals surface area contributed by atoms with Crippen molar-refractivity contribution in [3.05, 3.63) is 91.0 Å². The van der Waals surface area contributed by atoms with Gasteiger partial charge in [-0.2, -0.15) is 0 Å². The molecule has 0 saturated heterocycles. The summed E-state index contributed by atoms with van der Waals surface area (Å²) in [4.78, 5) is 31.0. The van der Waals surface area contributed by atoms with Gasteiger partial charge in [0.1, 0.15) is 5.76 Å². The van der Waals surface area contributed by atoms with Gasteiger partial charge in [0.2, 0.25) is 0 Å². The first-order valence-electron chi connectivity index (χ1n) is 8.85. The van der Waals surface area contributed by atoms with E-state index in [9.17, 15) is 9.59 Å². The van der Waals surface area contributed by atoms with Crippen molar-refractivity contribution in [1.82, 2.24) is 4.57 Å². The molecule has 28 heavy (non-hydrogen) atoms. The van der Waals surface area contributed by atoms with E-state index in [1.807, 2.05) is 37.3 Å². The minimum absolute atomic E-state index is 0.217. The second kappa shape index (κ2) is 7.44. The van der Waals surface area contributed by atoms with Gasteiger partial charge in [-0.05, 0) is 24.1 Å². The normalized spacial score (nSPS) is 16.6. The maximum atomic E-state index is 13.2. The molecule has 0 bridgehead atoms. The van der Waals surface area contributed by atoms with Crippen LogP contribution in [-0.2, 0) is 9.53 Å². The molecule has 0 N–H and O–H groups in total. The number of ether oxygens (including phenoxy) is 1.